The van der Waals surface area contributed by atoms with Crippen LogP contribution in [0.2, 0.25) is 0 Å². The van der Waals surface area contributed by atoms with Gasteiger partial charge >= 0.3 is 5.69 Å². The number of nitrogen functional groups attached to an aromatic ring is 1. The van der Waals surface area contributed by atoms with Gasteiger partial charge in [0.2, 0.25) is 11.6 Å². The van der Waals surface area contributed by atoms with Crippen molar-refractivity contribution in [2.75, 3.05) is 10.6 Å². The molecule has 1 fully saturated rings. The molecule has 2 N–H and O–H groups in total. The second-order valence-corrected chi connectivity index (χ2v) is 4.58. The highest BCUT2D eigenvalue weighted by atomic mass is 16.6. The maximum Gasteiger partial charge on any atom is 0.353 e. The highest BCUT2D eigenvalue weighted by molar-refractivity contribution is 5.69. The molecule has 0 radical (unpaired) electrons. The van der Waals surface area contributed by atoms with E-state index in [0.717, 1.165) is 19.3 Å². The highest BCUT2D eigenvalue weighted by Gasteiger charge is 2.36. The lowest BCUT2D eigenvalue weighted by Crippen LogP contribution is -2.35. The Kier molecular flexibility index (Phi) is 3.31. The van der Waals surface area contributed by atoms with Crippen LogP contribution < -0.4 is 10.6 Å². The van der Waals surface area contributed by atoms with Crippen molar-refractivity contribution in [2.45, 2.75) is 45.2 Å². The molecule has 0 spiro atoms. The first-order valence-corrected chi connectivity index (χ1v) is 6.09. The number of nitro groups is 1. The van der Waals surface area contributed by atoms with Gasteiger partial charge in [-0.25, -0.2) is 9.97 Å². The Bertz CT molecular complexity index is 465. The standard InChI is InChI=1S/C11H17N5O2/c1-3-8-5-4-7(2)15(8)11-9(16(17)18)10(12)13-6-14-11/h6-8H,3-5H2,1-2H3,(H2,12,13,14). The van der Waals surface area contributed by atoms with Crippen molar-refractivity contribution in [1.29, 1.82) is 0 Å². The lowest BCUT2D eigenvalue weighted by atomic mass is 10.1. The van der Waals surface area contributed by atoms with Crippen LogP contribution in [0, 0.1) is 10.1 Å². The summed E-state index contributed by atoms with van der Waals surface area (Å²) in [7, 11) is 0. The van der Waals surface area contributed by atoms with E-state index < -0.39 is 4.92 Å². The zero-order valence-corrected chi connectivity index (χ0v) is 10.5. The van der Waals surface area contributed by atoms with Crippen LogP contribution in [-0.2, 0) is 0 Å². The summed E-state index contributed by atoms with van der Waals surface area (Å²) in [6, 6.07) is 0.524. The third-order valence-electron chi connectivity index (χ3n) is 3.52. The topological polar surface area (TPSA) is 98.2 Å². The molecule has 1 aromatic rings. The van der Waals surface area contributed by atoms with E-state index in [9.17, 15) is 10.1 Å². The molecule has 1 aromatic heterocycles. The monoisotopic (exact) mass is 251 g/mol. The summed E-state index contributed by atoms with van der Waals surface area (Å²) < 4.78 is 0. The Hall–Kier alpha value is -1.92. The molecule has 18 heavy (non-hydrogen) atoms. The number of hydrogen-bond acceptors (Lipinski definition) is 6. The van der Waals surface area contributed by atoms with Crippen molar-refractivity contribution >= 4 is 17.3 Å². The molecule has 0 amide bonds. The SMILES string of the molecule is CCC1CCC(C)N1c1ncnc(N)c1[N+](=O)[O-]. The van der Waals surface area contributed by atoms with Crippen LogP contribution >= 0.6 is 0 Å². The molecule has 2 heterocycles. The van der Waals surface area contributed by atoms with Crippen LogP contribution in [0.3, 0.4) is 0 Å². The molecule has 0 aromatic carbocycles. The molecule has 7 heteroatoms. The van der Waals surface area contributed by atoms with E-state index >= 15 is 0 Å². The van der Waals surface area contributed by atoms with Crippen molar-refractivity contribution in [2.24, 2.45) is 0 Å². The normalized spacial score (nSPS) is 23.3. The number of aromatic nitrogens is 2. The van der Waals surface area contributed by atoms with Crippen molar-refractivity contribution in [3.05, 3.63) is 16.4 Å². The first kappa shape index (κ1) is 12.5. The zero-order chi connectivity index (χ0) is 13.3. The third kappa shape index (κ3) is 1.96. The van der Waals surface area contributed by atoms with Crippen molar-refractivity contribution in [3.63, 3.8) is 0 Å². The minimum Gasteiger partial charge on any atom is -0.378 e. The molecule has 0 bridgehead atoms. The van der Waals surface area contributed by atoms with Crippen LogP contribution in [0.1, 0.15) is 33.1 Å². The molecule has 1 aliphatic heterocycles. The highest BCUT2D eigenvalue weighted by Crippen LogP contribution is 2.37. The predicted molar refractivity (Wildman–Crippen MR) is 68.4 cm³/mol. The Balaban J connectivity index is 2.50. The summed E-state index contributed by atoms with van der Waals surface area (Å²) >= 11 is 0. The summed E-state index contributed by atoms with van der Waals surface area (Å²) in [5.74, 6) is 0.281. The number of hydrogen-bond donors (Lipinski definition) is 1. The summed E-state index contributed by atoms with van der Waals surface area (Å²) in [6.07, 6.45) is 4.26. The van der Waals surface area contributed by atoms with E-state index in [1.165, 1.54) is 6.33 Å². The lowest BCUT2D eigenvalue weighted by molar-refractivity contribution is -0.383. The summed E-state index contributed by atoms with van der Waals surface area (Å²) in [4.78, 5) is 20.4. The van der Waals surface area contributed by atoms with Crippen LogP contribution in [0.15, 0.2) is 6.33 Å². The van der Waals surface area contributed by atoms with Crippen LogP contribution in [0.5, 0.6) is 0 Å². The maximum absolute atomic E-state index is 11.1. The van der Waals surface area contributed by atoms with Crippen molar-refractivity contribution in [1.82, 2.24) is 9.97 Å². The predicted octanol–water partition coefficient (Wildman–Crippen LogP) is 1.73. The van der Waals surface area contributed by atoms with Gasteiger partial charge in [-0.05, 0) is 26.2 Å². The van der Waals surface area contributed by atoms with Gasteiger partial charge < -0.3 is 10.6 Å². The number of anilines is 2. The van der Waals surface area contributed by atoms with Crippen molar-refractivity contribution in [3.8, 4) is 0 Å². The van der Waals surface area contributed by atoms with Crippen LogP contribution in [0.4, 0.5) is 17.3 Å². The summed E-state index contributed by atoms with van der Waals surface area (Å²) in [5.41, 5.74) is 5.43. The smallest absolute Gasteiger partial charge is 0.353 e. The third-order valence-corrected chi connectivity index (χ3v) is 3.52. The molecule has 2 unspecified atom stereocenters. The molecule has 2 atom stereocenters. The fraction of sp³-hybridized carbons (Fsp3) is 0.636. The zero-order valence-electron chi connectivity index (χ0n) is 10.5. The Labute approximate surface area is 105 Å². The first-order chi connectivity index (χ1) is 8.56. The Morgan fingerprint density at radius 1 is 1.56 bits per heavy atom. The van der Waals surface area contributed by atoms with Crippen LogP contribution in [0.25, 0.3) is 0 Å². The average Bonchev–Trinajstić information content (AvgIpc) is 2.69. The van der Waals surface area contributed by atoms with Gasteiger partial charge in [0.05, 0.1) is 4.92 Å². The quantitative estimate of drug-likeness (QED) is 0.649. The maximum atomic E-state index is 11.1. The average molecular weight is 251 g/mol. The van der Waals surface area contributed by atoms with Gasteiger partial charge in [-0.1, -0.05) is 6.92 Å². The van der Waals surface area contributed by atoms with Gasteiger partial charge in [0.15, 0.2) is 0 Å². The largest absolute Gasteiger partial charge is 0.378 e. The van der Waals surface area contributed by atoms with Gasteiger partial charge in [0.25, 0.3) is 0 Å². The Morgan fingerprint density at radius 3 is 2.89 bits per heavy atom. The van der Waals surface area contributed by atoms with Gasteiger partial charge in [-0.15, -0.1) is 0 Å². The van der Waals surface area contributed by atoms with Crippen molar-refractivity contribution < 1.29 is 4.92 Å². The fourth-order valence-electron chi connectivity index (χ4n) is 2.60. The minimum absolute atomic E-state index is 0.0704. The first-order valence-electron chi connectivity index (χ1n) is 6.09. The molecule has 2 rings (SSSR count). The van der Waals surface area contributed by atoms with Gasteiger partial charge in [-0.3, -0.25) is 10.1 Å². The molecule has 1 aliphatic rings. The van der Waals surface area contributed by atoms with Crippen LogP contribution in [-0.4, -0.2) is 27.0 Å². The summed E-state index contributed by atoms with van der Waals surface area (Å²) in [6.45, 7) is 4.13. The molecule has 98 valence electrons. The van der Waals surface area contributed by atoms with E-state index in [4.69, 9.17) is 5.73 Å². The number of nitrogens with zero attached hydrogens (tertiary/aromatic N) is 4. The molecular formula is C11H17N5O2. The van der Waals surface area contributed by atoms with E-state index in [2.05, 4.69) is 23.8 Å². The number of rotatable bonds is 3. The van der Waals surface area contributed by atoms with E-state index in [0.29, 0.717) is 5.82 Å². The minimum atomic E-state index is -0.498. The van der Waals surface area contributed by atoms with Gasteiger partial charge in [0, 0.05) is 12.1 Å². The number of nitrogens with two attached hydrogens (primary N) is 1. The van der Waals surface area contributed by atoms with Gasteiger partial charge in [0.1, 0.15) is 6.33 Å². The van der Waals surface area contributed by atoms with E-state index in [-0.39, 0.29) is 23.6 Å². The van der Waals surface area contributed by atoms with E-state index in [1.54, 1.807) is 0 Å². The second kappa shape index (κ2) is 4.75. The Morgan fingerprint density at radius 2 is 2.28 bits per heavy atom. The second-order valence-electron chi connectivity index (χ2n) is 4.58. The van der Waals surface area contributed by atoms with Gasteiger partial charge in [-0.2, -0.15) is 0 Å². The fourth-order valence-corrected chi connectivity index (χ4v) is 2.60. The molecular weight excluding hydrogens is 234 g/mol. The molecule has 0 saturated carbocycles. The molecule has 7 nitrogen and oxygen atoms in total. The molecule has 0 aliphatic carbocycles. The summed E-state index contributed by atoms with van der Waals surface area (Å²) in [5, 5.41) is 11.1. The molecule has 1 saturated heterocycles. The lowest BCUT2D eigenvalue weighted by Gasteiger charge is -2.28. The van der Waals surface area contributed by atoms with E-state index in [1.807, 2.05) is 4.90 Å².